The first-order chi connectivity index (χ1) is 9.45. The van der Waals surface area contributed by atoms with Crippen molar-refractivity contribution >= 4 is 17.3 Å². The Morgan fingerprint density at radius 1 is 1.55 bits per heavy atom. The number of hydrogen-bond acceptors (Lipinski definition) is 5. The number of hydrogen-bond donors (Lipinski definition) is 1. The molecule has 0 saturated carbocycles. The Morgan fingerprint density at radius 3 is 2.85 bits per heavy atom. The molecule has 0 bridgehead atoms. The van der Waals surface area contributed by atoms with Gasteiger partial charge in [0.25, 0.3) is 0 Å². The molecule has 20 heavy (non-hydrogen) atoms. The van der Waals surface area contributed by atoms with Crippen LogP contribution in [0, 0.1) is 0 Å². The first-order valence-electron chi connectivity index (χ1n) is 5.28. The molecule has 0 fully saturated rings. The maximum atomic E-state index is 12.9. The Balaban J connectivity index is 2.51. The van der Waals surface area contributed by atoms with Gasteiger partial charge in [0.15, 0.2) is 5.69 Å². The minimum absolute atomic E-state index is 0.179. The fourth-order valence-corrected chi connectivity index (χ4v) is 2.08. The molecule has 2 aromatic rings. The molecule has 0 aromatic carbocycles. The van der Waals surface area contributed by atoms with E-state index in [9.17, 15) is 18.0 Å². The van der Waals surface area contributed by atoms with Gasteiger partial charge in [-0.2, -0.15) is 18.3 Å². The summed E-state index contributed by atoms with van der Waals surface area (Å²) < 4.78 is 43.3. The monoisotopic (exact) mass is 303 g/mol. The minimum atomic E-state index is -4.74. The molecule has 0 saturated heterocycles. The molecule has 106 valence electrons. The van der Waals surface area contributed by atoms with E-state index in [1.807, 2.05) is 5.10 Å². The molecule has 0 amide bonds. The Bertz CT molecular complexity index is 619. The number of aromatic amines is 1. The van der Waals surface area contributed by atoms with Crippen molar-refractivity contribution in [2.75, 3.05) is 6.61 Å². The lowest BCUT2D eigenvalue weighted by Crippen LogP contribution is -2.15. The zero-order valence-electron chi connectivity index (χ0n) is 9.90. The van der Waals surface area contributed by atoms with Crippen molar-refractivity contribution in [3.05, 3.63) is 35.5 Å². The molecule has 0 aliphatic heterocycles. The van der Waals surface area contributed by atoms with Crippen LogP contribution in [0.3, 0.4) is 0 Å². The number of nitrogens with zero attached hydrogens (tertiary/aromatic N) is 2. The van der Waals surface area contributed by atoms with Crippen molar-refractivity contribution in [1.82, 2.24) is 15.2 Å². The summed E-state index contributed by atoms with van der Waals surface area (Å²) in [4.78, 5) is 15.6. The third kappa shape index (κ3) is 2.72. The summed E-state index contributed by atoms with van der Waals surface area (Å²) in [5, 5.41) is 7.12. The van der Waals surface area contributed by atoms with Gasteiger partial charge in [-0.1, -0.05) is 12.7 Å². The third-order valence-corrected chi connectivity index (χ3v) is 3.00. The molecule has 2 rings (SSSR count). The van der Waals surface area contributed by atoms with Crippen LogP contribution in [0.5, 0.6) is 0 Å². The molecule has 5 nitrogen and oxygen atoms in total. The van der Waals surface area contributed by atoms with Crippen LogP contribution in [0.4, 0.5) is 13.2 Å². The second kappa shape index (κ2) is 5.45. The van der Waals surface area contributed by atoms with E-state index in [1.54, 1.807) is 5.38 Å². The van der Waals surface area contributed by atoms with E-state index in [1.165, 1.54) is 12.3 Å². The van der Waals surface area contributed by atoms with E-state index >= 15 is 0 Å². The van der Waals surface area contributed by atoms with E-state index < -0.39 is 23.4 Å². The molecule has 0 spiro atoms. The Morgan fingerprint density at radius 2 is 2.30 bits per heavy atom. The van der Waals surface area contributed by atoms with Crippen molar-refractivity contribution in [3.63, 3.8) is 0 Å². The number of thiazole rings is 1. The van der Waals surface area contributed by atoms with Gasteiger partial charge in [-0.15, -0.1) is 11.3 Å². The quantitative estimate of drug-likeness (QED) is 0.696. The number of rotatable bonds is 4. The second-order valence-electron chi connectivity index (χ2n) is 3.54. The summed E-state index contributed by atoms with van der Waals surface area (Å²) in [7, 11) is 0. The van der Waals surface area contributed by atoms with Crippen molar-refractivity contribution < 1.29 is 22.7 Å². The zero-order chi connectivity index (χ0) is 14.8. The predicted octanol–water partition coefficient (Wildman–Crippen LogP) is 2.89. The van der Waals surface area contributed by atoms with Crippen LogP contribution in [0.1, 0.15) is 16.1 Å². The highest BCUT2D eigenvalue weighted by atomic mass is 32.1. The summed E-state index contributed by atoms with van der Waals surface area (Å²) in [6, 6.07) is 0. The van der Waals surface area contributed by atoms with E-state index in [2.05, 4.69) is 21.4 Å². The molecule has 2 heterocycles. The van der Waals surface area contributed by atoms with Crippen LogP contribution >= 0.6 is 11.3 Å². The average Bonchev–Trinajstić information content (AvgIpc) is 3.02. The van der Waals surface area contributed by atoms with E-state index in [4.69, 9.17) is 0 Å². The van der Waals surface area contributed by atoms with Crippen LogP contribution in [-0.2, 0) is 10.9 Å². The highest BCUT2D eigenvalue weighted by molar-refractivity contribution is 7.13. The van der Waals surface area contributed by atoms with Gasteiger partial charge < -0.3 is 4.74 Å². The third-order valence-electron chi connectivity index (χ3n) is 2.22. The van der Waals surface area contributed by atoms with Crippen LogP contribution < -0.4 is 0 Å². The average molecular weight is 303 g/mol. The van der Waals surface area contributed by atoms with Gasteiger partial charge in [0, 0.05) is 11.6 Å². The molecular weight excluding hydrogens is 295 g/mol. The fourth-order valence-electron chi connectivity index (χ4n) is 1.45. The standard InChI is InChI=1S/C11H8F3N3O2S/c1-2-4-19-10(18)6-7(9-15-3-5-20-9)16-17-8(6)11(12,13)14/h2-3,5H,1,4H2,(H,16,17). The van der Waals surface area contributed by atoms with Crippen LogP contribution in [0.25, 0.3) is 10.7 Å². The Kier molecular flexibility index (Phi) is 3.89. The Labute approximate surface area is 115 Å². The lowest BCUT2D eigenvalue weighted by molar-refractivity contribution is -0.141. The summed E-state index contributed by atoms with van der Waals surface area (Å²) in [6.07, 6.45) is -2.08. The number of halogens is 3. The molecule has 2 aromatic heterocycles. The maximum Gasteiger partial charge on any atom is 0.433 e. The van der Waals surface area contributed by atoms with Gasteiger partial charge in [0.1, 0.15) is 22.9 Å². The summed E-state index contributed by atoms with van der Waals surface area (Å²) in [5.74, 6) is -1.13. The van der Waals surface area contributed by atoms with Gasteiger partial charge in [0.2, 0.25) is 0 Å². The van der Waals surface area contributed by atoms with E-state index in [-0.39, 0.29) is 17.3 Å². The van der Waals surface area contributed by atoms with Gasteiger partial charge in [0.05, 0.1) is 0 Å². The number of carbonyl (C=O) groups excluding carboxylic acids is 1. The number of esters is 1. The van der Waals surface area contributed by atoms with E-state index in [0.717, 1.165) is 11.3 Å². The van der Waals surface area contributed by atoms with Gasteiger partial charge >= 0.3 is 12.1 Å². The normalized spacial score (nSPS) is 11.3. The van der Waals surface area contributed by atoms with Crippen molar-refractivity contribution in [2.24, 2.45) is 0 Å². The minimum Gasteiger partial charge on any atom is -0.458 e. The highest BCUT2D eigenvalue weighted by Crippen LogP contribution is 2.35. The Hall–Kier alpha value is -2.16. The first kappa shape index (κ1) is 14.3. The van der Waals surface area contributed by atoms with Crippen LogP contribution in [-0.4, -0.2) is 27.8 Å². The predicted molar refractivity (Wildman–Crippen MR) is 65.2 cm³/mol. The molecule has 0 unspecified atom stereocenters. The van der Waals surface area contributed by atoms with Gasteiger partial charge in [-0.25, -0.2) is 9.78 Å². The zero-order valence-corrected chi connectivity index (χ0v) is 10.7. The highest BCUT2D eigenvalue weighted by Gasteiger charge is 2.40. The van der Waals surface area contributed by atoms with Crippen molar-refractivity contribution in [3.8, 4) is 10.7 Å². The number of alkyl halides is 3. The summed E-state index contributed by atoms with van der Waals surface area (Å²) >= 11 is 1.07. The smallest absolute Gasteiger partial charge is 0.433 e. The number of aromatic nitrogens is 3. The molecule has 0 aliphatic rings. The molecule has 0 radical (unpaired) electrons. The summed E-state index contributed by atoms with van der Waals surface area (Å²) in [6.45, 7) is 3.13. The van der Waals surface area contributed by atoms with Crippen LogP contribution in [0.2, 0.25) is 0 Å². The second-order valence-corrected chi connectivity index (χ2v) is 4.44. The van der Waals surface area contributed by atoms with E-state index in [0.29, 0.717) is 0 Å². The van der Waals surface area contributed by atoms with Gasteiger partial charge in [-0.05, 0) is 0 Å². The van der Waals surface area contributed by atoms with Crippen molar-refractivity contribution in [1.29, 1.82) is 0 Å². The largest absolute Gasteiger partial charge is 0.458 e. The summed E-state index contributed by atoms with van der Waals surface area (Å²) in [5.41, 5.74) is -2.10. The molecule has 1 N–H and O–H groups in total. The SMILES string of the molecule is C=CCOC(=O)c1c(-c2nccs2)n[nH]c1C(F)(F)F. The maximum absolute atomic E-state index is 12.9. The van der Waals surface area contributed by atoms with Gasteiger partial charge in [-0.3, -0.25) is 5.10 Å². The number of ether oxygens (including phenoxy) is 1. The lowest BCUT2D eigenvalue weighted by Gasteiger charge is -2.07. The van der Waals surface area contributed by atoms with Crippen LogP contribution in [0.15, 0.2) is 24.2 Å². The molecule has 9 heteroatoms. The number of carbonyl (C=O) groups is 1. The van der Waals surface area contributed by atoms with Crippen molar-refractivity contribution in [2.45, 2.75) is 6.18 Å². The number of H-pyrrole nitrogens is 1. The molecular formula is C11H8F3N3O2S. The first-order valence-corrected chi connectivity index (χ1v) is 6.16. The fraction of sp³-hybridized carbons (Fsp3) is 0.182. The molecule has 0 atom stereocenters. The topological polar surface area (TPSA) is 67.9 Å². The number of nitrogens with one attached hydrogen (secondary N) is 1. The molecule has 0 aliphatic carbocycles. The lowest BCUT2D eigenvalue weighted by atomic mass is 10.2.